The summed E-state index contributed by atoms with van der Waals surface area (Å²) in [6, 6.07) is 16.0. The lowest BCUT2D eigenvalue weighted by molar-refractivity contribution is 0.584. The van der Waals surface area contributed by atoms with Crippen LogP contribution in [0.15, 0.2) is 70.8 Å². The summed E-state index contributed by atoms with van der Waals surface area (Å²) in [5, 5.41) is 4.81. The monoisotopic (exact) mass is 325 g/mol. The molecule has 3 aromatic rings. The number of pyridine rings is 1. The summed E-state index contributed by atoms with van der Waals surface area (Å²) in [6.45, 7) is 1.90. The number of aromatic nitrogens is 1. The molecule has 0 radical (unpaired) electrons. The number of fused-ring (bicyclic) bond motifs is 1. The second kappa shape index (κ2) is 6.18. The summed E-state index contributed by atoms with van der Waals surface area (Å²) < 4.78 is 24.2. The van der Waals surface area contributed by atoms with Gasteiger partial charge in [-0.25, -0.2) is 4.83 Å². The lowest BCUT2D eigenvalue weighted by atomic mass is 10.1. The van der Waals surface area contributed by atoms with Gasteiger partial charge in [0.15, 0.2) is 0 Å². The number of nitrogens with one attached hydrogen (secondary N) is 1. The van der Waals surface area contributed by atoms with Gasteiger partial charge in [-0.15, -0.1) is 0 Å². The first-order chi connectivity index (χ1) is 11.0. The van der Waals surface area contributed by atoms with Crippen LogP contribution in [0.5, 0.6) is 0 Å². The van der Waals surface area contributed by atoms with Crippen LogP contribution >= 0.6 is 0 Å². The summed E-state index contributed by atoms with van der Waals surface area (Å²) in [4.78, 5) is 6.63. The maximum absolute atomic E-state index is 12.1. The van der Waals surface area contributed by atoms with Crippen molar-refractivity contribution >= 4 is 27.1 Å². The van der Waals surface area contributed by atoms with Gasteiger partial charge in [0.1, 0.15) is 0 Å². The van der Waals surface area contributed by atoms with Crippen LogP contribution in [0.3, 0.4) is 0 Å². The average molecular weight is 325 g/mol. The molecule has 0 aliphatic carbocycles. The van der Waals surface area contributed by atoms with Crippen molar-refractivity contribution in [1.29, 1.82) is 0 Å². The van der Waals surface area contributed by atoms with Crippen molar-refractivity contribution in [1.82, 2.24) is 9.82 Å². The normalized spacial score (nSPS) is 11.9. The zero-order valence-corrected chi connectivity index (χ0v) is 13.3. The Bertz CT molecular complexity index is 965. The molecule has 3 rings (SSSR count). The molecule has 0 saturated carbocycles. The smallest absolute Gasteiger partial charge is 0.256 e. The van der Waals surface area contributed by atoms with Crippen LogP contribution in [0, 0.1) is 6.92 Å². The van der Waals surface area contributed by atoms with E-state index >= 15 is 0 Å². The molecule has 0 fully saturated rings. The first kappa shape index (κ1) is 15.2. The van der Waals surface area contributed by atoms with Gasteiger partial charge in [0.05, 0.1) is 16.6 Å². The van der Waals surface area contributed by atoms with Crippen molar-refractivity contribution in [2.75, 3.05) is 0 Å². The van der Waals surface area contributed by atoms with Crippen molar-refractivity contribution in [3.8, 4) is 0 Å². The molecule has 0 aliphatic heterocycles. The first-order valence-electron chi connectivity index (χ1n) is 7.01. The quantitative estimate of drug-likeness (QED) is 0.592. The minimum absolute atomic E-state index is 0.183. The van der Waals surface area contributed by atoms with Gasteiger partial charge in [0.2, 0.25) is 0 Å². The van der Waals surface area contributed by atoms with E-state index in [2.05, 4.69) is 14.9 Å². The number of hydrazone groups is 1. The fraction of sp³-hybridized carbons (Fsp3) is 0.0588. The highest BCUT2D eigenvalue weighted by Crippen LogP contribution is 2.12. The minimum atomic E-state index is -3.65. The fourth-order valence-corrected chi connectivity index (χ4v) is 2.91. The van der Waals surface area contributed by atoms with Crippen LogP contribution in [-0.2, 0) is 10.0 Å². The largest absolute Gasteiger partial charge is 0.276 e. The summed E-state index contributed by atoms with van der Waals surface area (Å²) in [6.07, 6.45) is 3.20. The third-order valence-electron chi connectivity index (χ3n) is 3.34. The number of nitrogens with zero attached hydrogens (tertiary/aromatic N) is 2. The summed E-state index contributed by atoms with van der Waals surface area (Å²) in [5.74, 6) is 0. The molecule has 1 N–H and O–H groups in total. The van der Waals surface area contributed by atoms with Crippen LogP contribution in [-0.4, -0.2) is 19.6 Å². The summed E-state index contributed by atoms with van der Waals surface area (Å²) in [5.41, 5.74) is 2.67. The molecule has 0 spiro atoms. The van der Waals surface area contributed by atoms with Gasteiger partial charge < -0.3 is 0 Å². The number of sulfonamides is 1. The predicted octanol–water partition coefficient (Wildman–Crippen LogP) is 2.86. The molecular weight excluding hydrogens is 310 g/mol. The Morgan fingerprint density at radius 1 is 1.09 bits per heavy atom. The molecule has 23 heavy (non-hydrogen) atoms. The molecule has 2 aromatic carbocycles. The first-order valence-corrected chi connectivity index (χ1v) is 8.49. The minimum Gasteiger partial charge on any atom is -0.256 e. The molecular formula is C17H15N3O2S. The van der Waals surface area contributed by atoms with Gasteiger partial charge in [-0.05, 0) is 42.8 Å². The molecule has 0 saturated heterocycles. The van der Waals surface area contributed by atoms with Gasteiger partial charge in [-0.3, -0.25) is 4.98 Å². The van der Waals surface area contributed by atoms with Gasteiger partial charge in [-0.2, -0.15) is 13.5 Å². The Morgan fingerprint density at radius 3 is 2.65 bits per heavy atom. The number of rotatable bonds is 4. The van der Waals surface area contributed by atoms with Crippen LogP contribution in [0.25, 0.3) is 10.9 Å². The van der Waals surface area contributed by atoms with E-state index in [9.17, 15) is 8.42 Å². The van der Waals surface area contributed by atoms with Crippen LogP contribution < -0.4 is 4.83 Å². The van der Waals surface area contributed by atoms with E-state index in [0.717, 1.165) is 22.0 Å². The lowest BCUT2D eigenvalue weighted by Crippen LogP contribution is -2.18. The van der Waals surface area contributed by atoms with E-state index in [0.29, 0.717) is 0 Å². The van der Waals surface area contributed by atoms with Crippen molar-refractivity contribution in [3.05, 3.63) is 71.9 Å². The molecule has 0 aliphatic rings. The molecule has 1 heterocycles. The highest BCUT2D eigenvalue weighted by atomic mass is 32.2. The highest BCUT2D eigenvalue weighted by molar-refractivity contribution is 7.89. The fourth-order valence-electron chi connectivity index (χ4n) is 2.11. The zero-order chi connectivity index (χ0) is 16.3. The predicted molar refractivity (Wildman–Crippen MR) is 90.8 cm³/mol. The van der Waals surface area contributed by atoms with Gasteiger partial charge >= 0.3 is 0 Å². The van der Waals surface area contributed by atoms with E-state index in [1.54, 1.807) is 30.5 Å². The van der Waals surface area contributed by atoms with E-state index in [-0.39, 0.29) is 4.90 Å². The Hall–Kier alpha value is -2.73. The standard InChI is InChI=1S/C17H15N3O2S/c1-13-4-7-16(8-5-13)23(21,22)20-19-12-14-6-9-17-15(11-14)3-2-10-18-17/h2-12,20H,1H3. The Balaban J connectivity index is 1.78. The topological polar surface area (TPSA) is 71.4 Å². The van der Waals surface area contributed by atoms with E-state index < -0.39 is 10.0 Å². The Morgan fingerprint density at radius 2 is 1.87 bits per heavy atom. The molecule has 0 unspecified atom stereocenters. The van der Waals surface area contributed by atoms with E-state index in [1.807, 2.05) is 37.3 Å². The second-order valence-electron chi connectivity index (χ2n) is 5.12. The SMILES string of the molecule is Cc1ccc(S(=O)(=O)NN=Cc2ccc3ncccc3c2)cc1. The van der Waals surface area contributed by atoms with Crippen LogP contribution in [0.1, 0.15) is 11.1 Å². The summed E-state index contributed by atoms with van der Waals surface area (Å²) >= 11 is 0. The maximum atomic E-state index is 12.1. The molecule has 1 aromatic heterocycles. The van der Waals surface area contributed by atoms with E-state index in [1.165, 1.54) is 6.21 Å². The second-order valence-corrected chi connectivity index (χ2v) is 6.78. The Labute approximate surface area is 134 Å². The summed E-state index contributed by atoms with van der Waals surface area (Å²) in [7, 11) is -3.65. The van der Waals surface area contributed by atoms with Crippen molar-refractivity contribution in [2.45, 2.75) is 11.8 Å². The van der Waals surface area contributed by atoms with Gasteiger partial charge in [-0.1, -0.05) is 29.8 Å². The number of aryl methyl sites for hydroxylation is 1. The van der Waals surface area contributed by atoms with Crippen LogP contribution in [0.2, 0.25) is 0 Å². The van der Waals surface area contributed by atoms with Gasteiger partial charge in [0, 0.05) is 11.6 Å². The zero-order valence-electron chi connectivity index (χ0n) is 12.5. The molecule has 5 nitrogen and oxygen atoms in total. The molecule has 116 valence electrons. The van der Waals surface area contributed by atoms with Gasteiger partial charge in [0.25, 0.3) is 10.0 Å². The van der Waals surface area contributed by atoms with E-state index in [4.69, 9.17) is 0 Å². The number of benzene rings is 2. The van der Waals surface area contributed by atoms with Crippen molar-refractivity contribution in [3.63, 3.8) is 0 Å². The third kappa shape index (κ3) is 3.54. The third-order valence-corrected chi connectivity index (χ3v) is 4.58. The average Bonchev–Trinajstić information content (AvgIpc) is 2.55. The molecule has 0 atom stereocenters. The maximum Gasteiger partial charge on any atom is 0.276 e. The lowest BCUT2D eigenvalue weighted by Gasteiger charge is -2.03. The van der Waals surface area contributed by atoms with Crippen molar-refractivity contribution < 1.29 is 8.42 Å². The number of hydrogen-bond acceptors (Lipinski definition) is 4. The van der Waals surface area contributed by atoms with Crippen molar-refractivity contribution in [2.24, 2.45) is 5.10 Å². The number of hydrogen-bond donors (Lipinski definition) is 1. The Kier molecular flexibility index (Phi) is 4.08. The molecule has 6 heteroatoms. The highest BCUT2D eigenvalue weighted by Gasteiger charge is 2.11. The van der Waals surface area contributed by atoms with Crippen LogP contribution in [0.4, 0.5) is 0 Å². The molecule has 0 bridgehead atoms. The molecule has 0 amide bonds.